The van der Waals surface area contributed by atoms with Crippen LogP contribution in [0.3, 0.4) is 0 Å². The number of carboxylic acids is 1. The molecule has 0 radical (unpaired) electrons. The third-order valence-corrected chi connectivity index (χ3v) is 3.43. The summed E-state index contributed by atoms with van der Waals surface area (Å²) in [6, 6.07) is 5.18. The highest BCUT2D eigenvalue weighted by Crippen LogP contribution is 2.22. The number of β-amino-alcohol motifs (C(OH)–C–C–N with tert-alkyl or cyclic N) is 1. The second-order valence-electron chi connectivity index (χ2n) is 4.97. The maximum absolute atomic E-state index is 12.2. The van der Waals surface area contributed by atoms with E-state index in [1.54, 1.807) is 19.1 Å². The van der Waals surface area contributed by atoms with E-state index in [9.17, 15) is 14.7 Å². The molecule has 2 rings (SSSR count). The first-order chi connectivity index (χ1) is 9.92. The summed E-state index contributed by atoms with van der Waals surface area (Å²) in [5.74, 6) is -1.15. The number of benzene rings is 1. The minimum Gasteiger partial charge on any atom is -0.480 e. The molecule has 1 fully saturated rings. The first-order valence-corrected chi connectivity index (χ1v) is 6.41. The van der Waals surface area contributed by atoms with Crippen molar-refractivity contribution < 1.29 is 19.8 Å². The third-order valence-electron chi connectivity index (χ3n) is 3.43. The molecule has 1 saturated heterocycles. The smallest absolute Gasteiger partial charge is 0.326 e. The zero-order chi connectivity index (χ0) is 15.6. The number of aryl methyl sites for hydroxylation is 1. The SMILES string of the molecule is Cc1ccc(C#N)cc1NC(=O)N1C[C@H](O)C[C@@H]1C(=O)O. The molecular weight excluding hydrogens is 274 g/mol. The second-order valence-corrected chi connectivity index (χ2v) is 4.97. The van der Waals surface area contributed by atoms with E-state index in [-0.39, 0.29) is 13.0 Å². The van der Waals surface area contributed by atoms with Crippen LogP contribution in [0.2, 0.25) is 0 Å². The number of aliphatic hydroxyl groups excluding tert-OH is 1. The average Bonchev–Trinajstić information content (AvgIpc) is 2.83. The zero-order valence-corrected chi connectivity index (χ0v) is 11.4. The molecule has 1 aromatic rings. The summed E-state index contributed by atoms with van der Waals surface area (Å²) < 4.78 is 0. The van der Waals surface area contributed by atoms with Crippen LogP contribution in [-0.2, 0) is 4.79 Å². The minimum atomic E-state index is -1.15. The average molecular weight is 289 g/mol. The van der Waals surface area contributed by atoms with Gasteiger partial charge in [0.2, 0.25) is 0 Å². The Balaban J connectivity index is 2.18. The number of hydrogen-bond acceptors (Lipinski definition) is 4. The molecule has 1 aliphatic heterocycles. The molecule has 3 N–H and O–H groups in total. The Morgan fingerprint density at radius 3 is 2.81 bits per heavy atom. The number of anilines is 1. The van der Waals surface area contributed by atoms with Gasteiger partial charge in [0.25, 0.3) is 0 Å². The van der Waals surface area contributed by atoms with Crippen molar-refractivity contribution in [2.45, 2.75) is 25.5 Å². The molecule has 21 heavy (non-hydrogen) atoms. The Bertz CT molecular complexity index is 623. The minimum absolute atomic E-state index is 0.0139. The molecule has 7 nitrogen and oxygen atoms in total. The monoisotopic (exact) mass is 289 g/mol. The maximum atomic E-state index is 12.2. The van der Waals surface area contributed by atoms with Gasteiger partial charge in [0.05, 0.1) is 17.7 Å². The standard InChI is InChI=1S/C14H15N3O4/c1-8-2-3-9(6-15)4-11(8)16-14(21)17-7-10(18)5-12(17)13(19)20/h2-4,10,12,18H,5,7H2,1H3,(H,16,21)(H,19,20)/t10-,12-/m1/s1. The fourth-order valence-electron chi connectivity index (χ4n) is 2.29. The summed E-state index contributed by atoms with van der Waals surface area (Å²) in [5, 5.41) is 30.1. The van der Waals surface area contributed by atoms with Crippen molar-refractivity contribution in [3.8, 4) is 6.07 Å². The van der Waals surface area contributed by atoms with Crippen LogP contribution >= 0.6 is 0 Å². The van der Waals surface area contributed by atoms with Gasteiger partial charge in [-0.15, -0.1) is 0 Å². The Hall–Kier alpha value is -2.59. The van der Waals surface area contributed by atoms with Gasteiger partial charge >= 0.3 is 12.0 Å². The molecule has 110 valence electrons. The number of aliphatic hydroxyl groups is 1. The third kappa shape index (κ3) is 3.12. The second kappa shape index (κ2) is 5.81. The number of hydrogen-bond donors (Lipinski definition) is 3. The Morgan fingerprint density at radius 2 is 2.19 bits per heavy atom. The van der Waals surface area contributed by atoms with Crippen molar-refractivity contribution in [1.82, 2.24) is 4.90 Å². The van der Waals surface area contributed by atoms with E-state index >= 15 is 0 Å². The van der Waals surface area contributed by atoms with Gasteiger partial charge in [-0.25, -0.2) is 9.59 Å². The zero-order valence-electron chi connectivity index (χ0n) is 11.4. The summed E-state index contributed by atoms with van der Waals surface area (Å²) in [7, 11) is 0. The highest BCUT2D eigenvalue weighted by atomic mass is 16.4. The van der Waals surface area contributed by atoms with Crippen molar-refractivity contribution in [2.24, 2.45) is 0 Å². The fourth-order valence-corrected chi connectivity index (χ4v) is 2.29. The number of carboxylic acid groups (broad SMARTS) is 1. The largest absolute Gasteiger partial charge is 0.480 e. The quantitative estimate of drug-likeness (QED) is 0.749. The molecule has 0 aliphatic carbocycles. The number of nitrogens with one attached hydrogen (secondary N) is 1. The van der Waals surface area contributed by atoms with E-state index in [0.717, 1.165) is 10.5 Å². The van der Waals surface area contributed by atoms with Crippen LogP contribution in [0.4, 0.5) is 10.5 Å². The van der Waals surface area contributed by atoms with Crippen LogP contribution in [0.5, 0.6) is 0 Å². The maximum Gasteiger partial charge on any atom is 0.326 e. The van der Waals surface area contributed by atoms with E-state index in [1.165, 1.54) is 6.07 Å². The molecule has 7 heteroatoms. The number of aliphatic carboxylic acids is 1. The van der Waals surface area contributed by atoms with Crippen LogP contribution in [0.1, 0.15) is 17.5 Å². The highest BCUT2D eigenvalue weighted by Gasteiger charge is 2.39. The normalized spacial score (nSPS) is 20.9. The Labute approximate surface area is 121 Å². The van der Waals surface area contributed by atoms with Gasteiger partial charge in [0, 0.05) is 18.7 Å². The van der Waals surface area contributed by atoms with E-state index in [2.05, 4.69) is 5.32 Å². The molecule has 1 heterocycles. The topological polar surface area (TPSA) is 114 Å². The predicted octanol–water partition coefficient (Wildman–Crippen LogP) is 0.918. The van der Waals surface area contributed by atoms with Crippen LogP contribution in [0, 0.1) is 18.3 Å². The first kappa shape index (κ1) is 14.8. The van der Waals surface area contributed by atoms with E-state index in [0.29, 0.717) is 11.3 Å². The number of carbonyl (C=O) groups excluding carboxylic acids is 1. The molecule has 0 spiro atoms. The number of rotatable bonds is 2. The van der Waals surface area contributed by atoms with Crippen LogP contribution in [-0.4, -0.2) is 45.8 Å². The first-order valence-electron chi connectivity index (χ1n) is 6.41. The van der Waals surface area contributed by atoms with Crippen molar-refractivity contribution in [3.05, 3.63) is 29.3 Å². The number of likely N-dealkylation sites (tertiary alicyclic amines) is 1. The summed E-state index contributed by atoms with van der Waals surface area (Å²) in [6.07, 6.45) is -0.830. The van der Waals surface area contributed by atoms with Crippen molar-refractivity contribution in [2.75, 3.05) is 11.9 Å². The fraction of sp³-hybridized carbons (Fsp3) is 0.357. The van der Waals surface area contributed by atoms with E-state index < -0.39 is 24.1 Å². The molecule has 0 bridgehead atoms. The molecular formula is C14H15N3O4. The molecule has 1 aliphatic rings. The molecule has 0 aromatic heterocycles. The number of carbonyl (C=O) groups is 2. The number of amides is 2. The van der Waals surface area contributed by atoms with Crippen molar-refractivity contribution >= 4 is 17.7 Å². The van der Waals surface area contributed by atoms with Gasteiger partial charge in [-0.1, -0.05) is 6.07 Å². The Morgan fingerprint density at radius 1 is 1.48 bits per heavy atom. The number of nitrogens with zero attached hydrogens (tertiary/aromatic N) is 2. The molecule has 2 amide bonds. The van der Waals surface area contributed by atoms with Gasteiger partial charge in [-0.2, -0.15) is 5.26 Å². The summed E-state index contributed by atoms with van der Waals surface area (Å²) in [5.41, 5.74) is 1.60. The van der Waals surface area contributed by atoms with Gasteiger partial charge in [0.15, 0.2) is 0 Å². The van der Waals surface area contributed by atoms with Gasteiger partial charge in [0.1, 0.15) is 6.04 Å². The molecule has 0 unspecified atom stereocenters. The summed E-state index contributed by atoms with van der Waals surface area (Å²) in [6.45, 7) is 1.74. The molecule has 2 atom stereocenters. The van der Waals surface area contributed by atoms with Crippen LogP contribution < -0.4 is 5.32 Å². The van der Waals surface area contributed by atoms with Crippen LogP contribution in [0.15, 0.2) is 18.2 Å². The lowest BCUT2D eigenvalue weighted by Gasteiger charge is -2.22. The lowest BCUT2D eigenvalue weighted by molar-refractivity contribution is -0.141. The number of urea groups is 1. The number of nitriles is 1. The lowest BCUT2D eigenvalue weighted by Crippen LogP contribution is -2.43. The Kier molecular flexibility index (Phi) is 4.10. The van der Waals surface area contributed by atoms with Crippen LogP contribution in [0.25, 0.3) is 0 Å². The van der Waals surface area contributed by atoms with Gasteiger partial charge in [-0.05, 0) is 24.6 Å². The van der Waals surface area contributed by atoms with E-state index in [1.807, 2.05) is 6.07 Å². The summed E-state index contributed by atoms with van der Waals surface area (Å²) >= 11 is 0. The molecule has 0 saturated carbocycles. The van der Waals surface area contributed by atoms with E-state index in [4.69, 9.17) is 10.4 Å². The lowest BCUT2D eigenvalue weighted by atomic mass is 10.1. The summed E-state index contributed by atoms with van der Waals surface area (Å²) in [4.78, 5) is 24.4. The predicted molar refractivity (Wildman–Crippen MR) is 73.7 cm³/mol. The van der Waals surface area contributed by atoms with Crippen molar-refractivity contribution in [1.29, 1.82) is 5.26 Å². The van der Waals surface area contributed by atoms with Crippen molar-refractivity contribution in [3.63, 3.8) is 0 Å². The molecule has 1 aromatic carbocycles. The highest BCUT2D eigenvalue weighted by molar-refractivity contribution is 5.93. The van der Waals surface area contributed by atoms with Gasteiger partial charge < -0.3 is 20.4 Å². The van der Waals surface area contributed by atoms with Gasteiger partial charge in [-0.3, -0.25) is 0 Å².